The van der Waals surface area contributed by atoms with Gasteiger partial charge in [-0.05, 0) is 18.6 Å². The molecule has 2 heteroatoms. The van der Waals surface area contributed by atoms with Gasteiger partial charge in [0, 0.05) is 10.9 Å². The first-order chi connectivity index (χ1) is 8.77. The molecule has 0 atom stereocenters. The third-order valence-corrected chi connectivity index (χ3v) is 3.08. The zero-order valence-electron chi connectivity index (χ0n) is 10.0. The van der Waals surface area contributed by atoms with E-state index < -0.39 is 0 Å². The molecular formula is C16H12O2. The average molecular weight is 236 g/mol. The Morgan fingerprint density at radius 2 is 1.44 bits per heavy atom. The predicted octanol–water partition coefficient (Wildman–Crippen LogP) is 3.77. The Labute approximate surface area is 105 Å². The van der Waals surface area contributed by atoms with E-state index in [1.807, 2.05) is 55.5 Å². The molecule has 2 nitrogen and oxygen atoms in total. The molecule has 0 spiro atoms. The van der Waals surface area contributed by atoms with Gasteiger partial charge in [0.05, 0.1) is 5.39 Å². The van der Waals surface area contributed by atoms with Crippen LogP contribution in [0.1, 0.15) is 5.76 Å². The third kappa shape index (κ3) is 1.63. The summed E-state index contributed by atoms with van der Waals surface area (Å²) in [5.74, 6) is 0.657. The van der Waals surface area contributed by atoms with Gasteiger partial charge in [0.1, 0.15) is 5.76 Å². The Hall–Kier alpha value is -2.35. The SMILES string of the molecule is Cc1oc(=O)c2ccccc2c1-c1ccccc1. The summed E-state index contributed by atoms with van der Waals surface area (Å²) in [4.78, 5) is 11.8. The Kier molecular flexibility index (Phi) is 2.49. The number of hydrogen-bond acceptors (Lipinski definition) is 2. The molecule has 0 amide bonds. The fraction of sp³-hybridized carbons (Fsp3) is 0.0625. The molecule has 0 aliphatic rings. The van der Waals surface area contributed by atoms with E-state index in [1.54, 1.807) is 6.07 Å². The zero-order chi connectivity index (χ0) is 12.5. The van der Waals surface area contributed by atoms with Crippen molar-refractivity contribution in [3.05, 3.63) is 70.8 Å². The molecule has 0 aliphatic heterocycles. The Bertz CT molecular complexity index is 755. The normalized spacial score (nSPS) is 10.7. The predicted molar refractivity (Wildman–Crippen MR) is 72.7 cm³/mol. The summed E-state index contributed by atoms with van der Waals surface area (Å²) >= 11 is 0. The Morgan fingerprint density at radius 3 is 2.17 bits per heavy atom. The molecule has 0 unspecified atom stereocenters. The molecule has 18 heavy (non-hydrogen) atoms. The van der Waals surface area contributed by atoms with Gasteiger partial charge in [0.15, 0.2) is 0 Å². The molecule has 1 heterocycles. The first kappa shape index (κ1) is 10.8. The van der Waals surface area contributed by atoms with Gasteiger partial charge >= 0.3 is 5.63 Å². The van der Waals surface area contributed by atoms with E-state index in [1.165, 1.54) is 0 Å². The summed E-state index contributed by atoms with van der Waals surface area (Å²) in [5, 5.41) is 1.57. The second kappa shape index (κ2) is 4.15. The van der Waals surface area contributed by atoms with E-state index in [0.29, 0.717) is 11.1 Å². The monoisotopic (exact) mass is 236 g/mol. The molecule has 0 aliphatic carbocycles. The number of aryl methyl sites for hydroxylation is 1. The second-order valence-electron chi connectivity index (χ2n) is 4.23. The Balaban J connectivity index is 2.46. The molecule has 88 valence electrons. The van der Waals surface area contributed by atoms with Crippen molar-refractivity contribution in [2.45, 2.75) is 6.92 Å². The maximum atomic E-state index is 11.8. The van der Waals surface area contributed by atoms with Crippen LogP contribution in [0.2, 0.25) is 0 Å². The minimum absolute atomic E-state index is 0.275. The van der Waals surface area contributed by atoms with Crippen molar-refractivity contribution >= 4 is 10.8 Å². The fourth-order valence-electron chi connectivity index (χ4n) is 2.28. The third-order valence-electron chi connectivity index (χ3n) is 3.08. The van der Waals surface area contributed by atoms with Gasteiger partial charge in [-0.2, -0.15) is 0 Å². The molecule has 3 rings (SSSR count). The van der Waals surface area contributed by atoms with Crippen LogP contribution >= 0.6 is 0 Å². The molecule has 1 aromatic heterocycles. The topological polar surface area (TPSA) is 30.2 Å². The van der Waals surface area contributed by atoms with Crippen LogP contribution in [-0.2, 0) is 0 Å². The maximum absolute atomic E-state index is 11.8. The van der Waals surface area contributed by atoms with Gasteiger partial charge in [-0.3, -0.25) is 0 Å². The van der Waals surface area contributed by atoms with Gasteiger partial charge in [-0.15, -0.1) is 0 Å². The number of benzene rings is 2. The minimum Gasteiger partial charge on any atom is -0.427 e. The summed E-state index contributed by atoms with van der Waals surface area (Å²) in [7, 11) is 0. The quantitative estimate of drug-likeness (QED) is 0.643. The standard InChI is InChI=1S/C16H12O2/c1-11-15(12-7-3-2-4-8-12)13-9-5-6-10-14(13)16(17)18-11/h2-10H,1H3. The highest BCUT2D eigenvalue weighted by molar-refractivity contribution is 5.96. The molecule has 0 saturated carbocycles. The summed E-state index contributed by atoms with van der Waals surface area (Å²) in [5.41, 5.74) is 1.78. The molecule has 0 fully saturated rings. The van der Waals surface area contributed by atoms with Crippen LogP contribution in [0, 0.1) is 6.92 Å². The van der Waals surface area contributed by atoms with Crippen molar-refractivity contribution in [1.29, 1.82) is 0 Å². The maximum Gasteiger partial charge on any atom is 0.343 e. The molecule has 0 saturated heterocycles. The lowest BCUT2D eigenvalue weighted by Gasteiger charge is -2.08. The zero-order valence-corrected chi connectivity index (χ0v) is 10.0. The summed E-state index contributed by atoms with van der Waals surface area (Å²) < 4.78 is 5.32. The first-order valence-electron chi connectivity index (χ1n) is 5.85. The van der Waals surface area contributed by atoms with E-state index in [9.17, 15) is 4.79 Å². The highest BCUT2D eigenvalue weighted by atomic mass is 16.4. The van der Waals surface area contributed by atoms with Crippen molar-refractivity contribution in [3.63, 3.8) is 0 Å². The van der Waals surface area contributed by atoms with Gasteiger partial charge in [-0.25, -0.2) is 4.79 Å². The van der Waals surface area contributed by atoms with Crippen LogP contribution in [0.25, 0.3) is 21.9 Å². The summed E-state index contributed by atoms with van der Waals surface area (Å²) in [6, 6.07) is 17.5. The van der Waals surface area contributed by atoms with Crippen molar-refractivity contribution < 1.29 is 4.42 Å². The van der Waals surface area contributed by atoms with Crippen molar-refractivity contribution in [2.24, 2.45) is 0 Å². The fourth-order valence-corrected chi connectivity index (χ4v) is 2.28. The van der Waals surface area contributed by atoms with Crippen LogP contribution in [-0.4, -0.2) is 0 Å². The first-order valence-corrected chi connectivity index (χ1v) is 5.85. The molecule has 2 aromatic carbocycles. The summed E-state index contributed by atoms with van der Waals surface area (Å²) in [6.07, 6.45) is 0. The van der Waals surface area contributed by atoms with Crippen LogP contribution in [0.3, 0.4) is 0 Å². The smallest absolute Gasteiger partial charge is 0.343 e. The molecule has 0 bridgehead atoms. The molecular weight excluding hydrogens is 224 g/mol. The van der Waals surface area contributed by atoms with E-state index in [-0.39, 0.29) is 5.63 Å². The largest absolute Gasteiger partial charge is 0.427 e. The van der Waals surface area contributed by atoms with E-state index in [2.05, 4.69) is 0 Å². The highest BCUT2D eigenvalue weighted by Crippen LogP contribution is 2.29. The van der Waals surface area contributed by atoms with Gasteiger partial charge in [0.25, 0.3) is 0 Å². The van der Waals surface area contributed by atoms with Gasteiger partial charge in [0.2, 0.25) is 0 Å². The van der Waals surface area contributed by atoms with Crippen molar-refractivity contribution in [2.75, 3.05) is 0 Å². The van der Waals surface area contributed by atoms with E-state index in [4.69, 9.17) is 4.42 Å². The van der Waals surface area contributed by atoms with Crippen molar-refractivity contribution in [3.8, 4) is 11.1 Å². The van der Waals surface area contributed by atoms with Crippen LogP contribution in [0.5, 0.6) is 0 Å². The van der Waals surface area contributed by atoms with Crippen LogP contribution in [0.4, 0.5) is 0 Å². The van der Waals surface area contributed by atoms with E-state index >= 15 is 0 Å². The average Bonchev–Trinajstić information content (AvgIpc) is 2.40. The van der Waals surface area contributed by atoms with E-state index in [0.717, 1.165) is 16.5 Å². The van der Waals surface area contributed by atoms with Gasteiger partial charge < -0.3 is 4.42 Å². The lowest BCUT2D eigenvalue weighted by atomic mass is 9.99. The molecule has 3 aromatic rings. The number of fused-ring (bicyclic) bond motifs is 1. The highest BCUT2D eigenvalue weighted by Gasteiger charge is 2.11. The minimum atomic E-state index is -0.275. The second-order valence-corrected chi connectivity index (χ2v) is 4.23. The molecule has 0 radical (unpaired) electrons. The summed E-state index contributed by atoms with van der Waals surface area (Å²) in [6.45, 7) is 1.83. The van der Waals surface area contributed by atoms with Crippen LogP contribution < -0.4 is 5.63 Å². The van der Waals surface area contributed by atoms with Gasteiger partial charge in [-0.1, -0.05) is 48.5 Å². The lowest BCUT2D eigenvalue weighted by Crippen LogP contribution is -2.02. The lowest BCUT2D eigenvalue weighted by molar-refractivity contribution is 0.490. The molecule has 0 N–H and O–H groups in total. The van der Waals surface area contributed by atoms with Crippen LogP contribution in [0.15, 0.2) is 63.8 Å². The number of hydrogen-bond donors (Lipinski definition) is 0. The Morgan fingerprint density at radius 1 is 0.833 bits per heavy atom. The van der Waals surface area contributed by atoms with Crippen molar-refractivity contribution in [1.82, 2.24) is 0 Å². The number of rotatable bonds is 1.